The van der Waals surface area contributed by atoms with Gasteiger partial charge in [-0.3, -0.25) is 10.1 Å². The highest BCUT2D eigenvalue weighted by molar-refractivity contribution is 5.79. The molecule has 0 bridgehead atoms. The van der Waals surface area contributed by atoms with E-state index in [1.54, 1.807) is 0 Å². The lowest BCUT2D eigenvalue weighted by Crippen LogP contribution is -2.60. The molecule has 2 N–H and O–H groups in total. The van der Waals surface area contributed by atoms with Crippen LogP contribution in [0.25, 0.3) is 0 Å². The number of morpholine rings is 1. The highest BCUT2D eigenvalue weighted by Crippen LogP contribution is 2.32. The fourth-order valence-electron chi connectivity index (χ4n) is 2.30. The van der Waals surface area contributed by atoms with Gasteiger partial charge in [-0.05, 0) is 26.3 Å². The summed E-state index contributed by atoms with van der Waals surface area (Å²) in [6.45, 7) is 3.21. The third-order valence-electron chi connectivity index (χ3n) is 3.63. The van der Waals surface area contributed by atoms with E-state index >= 15 is 0 Å². The Morgan fingerprint density at radius 3 is 2.88 bits per heavy atom. The minimum absolute atomic E-state index is 0.121. The van der Waals surface area contributed by atoms with Crippen LogP contribution in [0.3, 0.4) is 0 Å². The summed E-state index contributed by atoms with van der Waals surface area (Å²) in [7, 11) is 2.06. The summed E-state index contributed by atoms with van der Waals surface area (Å²) < 4.78 is 5.59. The Bertz CT molecular complexity index is 266. The lowest BCUT2D eigenvalue weighted by Gasteiger charge is -2.40. The van der Waals surface area contributed by atoms with Crippen molar-refractivity contribution in [3.63, 3.8) is 0 Å². The Morgan fingerprint density at radius 1 is 1.62 bits per heavy atom. The van der Waals surface area contributed by atoms with Crippen molar-refractivity contribution in [3.8, 4) is 0 Å². The molecule has 1 aliphatic heterocycles. The molecule has 2 aliphatic rings. The van der Waals surface area contributed by atoms with Gasteiger partial charge in [0.05, 0.1) is 12.7 Å². The van der Waals surface area contributed by atoms with Gasteiger partial charge >= 0.3 is 5.97 Å². The first kappa shape index (κ1) is 11.8. The number of carboxylic acids is 1. The molecule has 0 aromatic rings. The minimum Gasteiger partial charge on any atom is -0.480 e. The highest BCUT2D eigenvalue weighted by atomic mass is 16.5. The zero-order valence-corrected chi connectivity index (χ0v) is 9.74. The Balaban J connectivity index is 1.79. The van der Waals surface area contributed by atoms with Crippen LogP contribution in [0.4, 0.5) is 0 Å². The molecule has 1 saturated heterocycles. The van der Waals surface area contributed by atoms with Crippen molar-refractivity contribution in [3.05, 3.63) is 0 Å². The summed E-state index contributed by atoms with van der Waals surface area (Å²) >= 11 is 0. The zero-order valence-electron chi connectivity index (χ0n) is 9.74. The summed E-state index contributed by atoms with van der Waals surface area (Å²) in [4.78, 5) is 13.3. The van der Waals surface area contributed by atoms with Gasteiger partial charge in [-0.25, -0.2) is 0 Å². The van der Waals surface area contributed by atoms with Crippen molar-refractivity contribution < 1.29 is 14.6 Å². The first-order valence-electron chi connectivity index (χ1n) is 5.91. The van der Waals surface area contributed by atoms with E-state index in [4.69, 9.17) is 9.84 Å². The second-order valence-corrected chi connectivity index (χ2v) is 4.88. The third-order valence-corrected chi connectivity index (χ3v) is 3.63. The Hall–Kier alpha value is -0.650. The number of hydrogen-bond acceptors (Lipinski definition) is 4. The van der Waals surface area contributed by atoms with Gasteiger partial charge < -0.3 is 14.7 Å². The van der Waals surface area contributed by atoms with Gasteiger partial charge in [-0.1, -0.05) is 0 Å². The maximum absolute atomic E-state index is 11.1. The van der Waals surface area contributed by atoms with Crippen molar-refractivity contribution in [2.24, 2.45) is 0 Å². The molecule has 2 fully saturated rings. The SMILES string of the molecule is CN1CCOC(CNC2(C(=O)O)CCC2)C1. The van der Waals surface area contributed by atoms with Gasteiger partial charge in [0, 0.05) is 19.6 Å². The Morgan fingerprint density at radius 2 is 2.38 bits per heavy atom. The first-order chi connectivity index (χ1) is 7.62. The van der Waals surface area contributed by atoms with E-state index in [0.717, 1.165) is 39.0 Å². The summed E-state index contributed by atoms with van der Waals surface area (Å²) in [5.41, 5.74) is -0.667. The third kappa shape index (κ3) is 2.36. The van der Waals surface area contributed by atoms with Crippen LogP contribution < -0.4 is 5.32 Å². The summed E-state index contributed by atoms with van der Waals surface area (Å²) in [6.07, 6.45) is 2.61. The zero-order chi connectivity index (χ0) is 11.6. The number of likely N-dealkylation sites (N-methyl/N-ethyl adjacent to an activating group) is 1. The summed E-state index contributed by atoms with van der Waals surface area (Å²) in [5, 5.41) is 12.3. The van der Waals surface area contributed by atoms with Crippen LogP contribution in [0.2, 0.25) is 0 Å². The van der Waals surface area contributed by atoms with Gasteiger partial charge in [0.15, 0.2) is 0 Å². The van der Waals surface area contributed by atoms with Crippen LogP contribution in [-0.2, 0) is 9.53 Å². The predicted molar refractivity (Wildman–Crippen MR) is 59.5 cm³/mol. The van der Waals surface area contributed by atoms with E-state index in [9.17, 15) is 4.79 Å². The van der Waals surface area contributed by atoms with Crippen molar-refractivity contribution in [1.29, 1.82) is 0 Å². The Labute approximate surface area is 95.8 Å². The van der Waals surface area contributed by atoms with E-state index in [0.29, 0.717) is 6.54 Å². The number of aliphatic carboxylic acids is 1. The first-order valence-corrected chi connectivity index (χ1v) is 5.91. The topological polar surface area (TPSA) is 61.8 Å². The van der Waals surface area contributed by atoms with Crippen molar-refractivity contribution in [1.82, 2.24) is 10.2 Å². The van der Waals surface area contributed by atoms with Gasteiger partial charge in [0.25, 0.3) is 0 Å². The van der Waals surface area contributed by atoms with E-state index in [2.05, 4.69) is 17.3 Å². The second-order valence-electron chi connectivity index (χ2n) is 4.88. The number of nitrogens with one attached hydrogen (secondary N) is 1. The van der Waals surface area contributed by atoms with E-state index in [-0.39, 0.29) is 6.10 Å². The Kier molecular flexibility index (Phi) is 3.47. The molecule has 0 spiro atoms. The number of rotatable bonds is 4. The lowest BCUT2D eigenvalue weighted by molar-refractivity contribution is -0.149. The highest BCUT2D eigenvalue weighted by Gasteiger charge is 2.44. The number of carboxylic acid groups (broad SMARTS) is 1. The fraction of sp³-hybridized carbons (Fsp3) is 0.909. The molecule has 92 valence electrons. The maximum atomic E-state index is 11.1. The van der Waals surface area contributed by atoms with E-state index < -0.39 is 11.5 Å². The molecular formula is C11H20N2O3. The van der Waals surface area contributed by atoms with Crippen molar-refractivity contribution in [2.75, 3.05) is 33.3 Å². The molecule has 0 aromatic carbocycles. The molecule has 1 atom stereocenters. The fourth-order valence-corrected chi connectivity index (χ4v) is 2.30. The molecule has 0 radical (unpaired) electrons. The largest absolute Gasteiger partial charge is 0.480 e. The summed E-state index contributed by atoms with van der Waals surface area (Å²) in [6, 6.07) is 0. The molecule has 1 heterocycles. The molecule has 5 nitrogen and oxygen atoms in total. The smallest absolute Gasteiger partial charge is 0.323 e. The standard InChI is InChI=1S/C11H20N2O3/c1-13-5-6-16-9(8-13)7-12-11(10(14)15)3-2-4-11/h9,12H,2-8H2,1H3,(H,14,15). The van der Waals surface area contributed by atoms with Crippen LogP contribution in [0.1, 0.15) is 19.3 Å². The normalized spacial score (nSPS) is 29.7. The molecular weight excluding hydrogens is 208 g/mol. The molecule has 16 heavy (non-hydrogen) atoms. The number of nitrogens with zero attached hydrogens (tertiary/aromatic N) is 1. The van der Waals surface area contributed by atoms with Gasteiger partial charge in [0.2, 0.25) is 0 Å². The number of carbonyl (C=O) groups is 1. The summed E-state index contributed by atoms with van der Waals surface area (Å²) in [5.74, 6) is -0.720. The van der Waals surface area contributed by atoms with Crippen LogP contribution >= 0.6 is 0 Å². The number of ether oxygens (including phenoxy) is 1. The lowest BCUT2D eigenvalue weighted by atomic mass is 9.76. The van der Waals surface area contributed by atoms with Crippen LogP contribution in [0.5, 0.6) is 0 Å². The van der Waals surface area contributed by atoms with Crippen molar-refractivity contribution >= 4 is 5.97 Å². The second kappa shape index (κ2) is 4.69. The van der Waals surface area contributed by atoms with E-state index in [1.165, 1.54) is 0 Å². The average Bonchev–Trinajstić information content (AvgIpc) is 2.15. The van der Waals surface area contributed by atoms with Crippen LogP contribution in [0.15, 0.2) is 0 Å². The molecule has 1 saturated carbocycles. The van der Waals surface area contributed by atoms with Crippen LogP contribution in [0, 0.1) is 0 Å². The van der Waals surface area contributed by atoms with Crippen LogP contribution in [-0.4, -0.2) is 60.9 Å². The molecule has 1 unspecified atom stereocenters. The van der Waals surface area contributed by atoms with Gasteiger partial charge in [-0.15, -0.1) is 0 Å². The molecule has 0 amide bonds. The monoisotopic (exact) mass is 228 g/mol. The quantitative estimate of drug-likeness (QED) is 0.704. The average molecular weight is 228 g/mol. The molecule has 5 heteroatoms. The van der Waals surface area contributed by atoms with Gasteiger partial charge in [-0.2, -0.15) is 0 Å². The molecule has 2 rings (SSSR count). The van der Waals surface area contributed by atoms with Crippen molar-refractivity contribution in [2.45, 2.75) is 30.9 Å². The maximum Gasteiger partial charge on any atom is 0.323 e. The predicted octanol–water partition coefficient (Wildman–Crippen LogP) is -0.0861. The van der Waals surface area contributed by atoms with E-state index in [1.807, 2.05) is 0 Å². The number of hydrogen-bond donors (Lipinski definition) is 2. The minimum atomic E-state index is -0.720. The molecule has 1 aliphatic carbocycles. The molecule has 0 aromatic heterocycles. The van der Waals surface area contributed by atoms with Gasteiger partial charge in [0.1, 0.15) is 5.54 Å².